The average Bonchev–Trinajstić information content (AvgIpc) is 3.01. The van der Waals surface area contributed by atoms with E-state index in [4.69, 9.17) is 0 Å². The number of carbonyl (C=O) groups is 1. The van der Waals surface area contributed by atoms with Crippen molar-refractivity contribution in [1.82, 2.24) is 25.0 Å². The Kier molecular flexibility index (Phi) is 5.43. The highest BCUT2D eigenvalue weighted by Crippen LogP contribution is 2.14. The summed E-state index contributed by atoms with van der Waals surface area (Å²) in [5, 5.41) is 11.4. The van der Waals surface area contributed by atoms with Gasteiger partial charge in [-0.25, -0.2) is 4.39 Å². The standard InChI is InChI=1S/C21H22FN5O/c22-18-9-5-4-8-17(18)15-26-11-10-19-24-25-20(27(19)13-12-26)14-23-21(28)16-6-2-1-3-7-16/h1-9H,10-15H2,(H,23,28). The Morgan fingerprint density at radius 2 is 1.79 bits per heavy atom. The largest absolute Gasteiger partial charge is 0.345 e. The van der Waals surface area contributed by atoms with Crippen molar-refractivity contribution in [2.24, 2.45) is 0 Å². The van der Waals surface area contributed by atoms with Crippen LogP contribution in [0.2, 0.25) is 0 Å². The molecular formula is C21H22FN5O. The van der Waals surface area contributed by atoms with Gasteiger partial charge in [-0.1, -0.05) is 36.4 Å². The van der Waals surface area contributed by atoms with E-state index in [2.05, 4.69) is 25.0 Å². The number of halogens is 1. The zero-order valence-corrected chi connectivity index (χ0v) is 15.5. The van der Waals surface area contributed by atoms with Gasteiger partial charge in [0.15, 0.2) is 5.82 Å². The first-order chi connectivity index (χ1) is 13.7. The minimum atomic E-state index is -0.171. The van der Waals surface area contributed by atoms with Crippen LogP contribution in [0.1, 0.15) is 27.6 Å². The maximum atomic E-state index is 13.9. The Hall–Kier alpha value is -3.06. The molecule has 1 amide bonds. The fraction of sp³-hybridized carbons (Fsp3) is 0.286. The minimum Gasteiger partial charge on any atom is -0.345 e. The summed E-state index contributed by atoms with van der Waals surface area (Å²) in [5.41, 5.74) is 1.32. The van der Waals surface area contributed by atoms with E-state index in [-0.39, 0.29) is 11.7 Å². The number of nitrogens with zero attached hydrogens (tertiary/aromatic N) is 4. The van der Waals surface area contributed by atoms with Gasteiger partial charge in [0.2, 0.25) is 0 Å². The van der Waals surface area contributed by atoms with Crippen LogP contribution in [0.3, 0.4) is 0 Å². The van der Waals surface area contributed by atoms with Gasteiger partial charge in [-0.15, -0.1) is 10.2 Å². The SMILES string of the molecule is O=C(NCc1nnc2n1CCN(Cc1ccccc1F)CC2)c1ccccc1. The fourth-order valence-electron chi connectivity index (χ4n) is 3.43. The van der Waals surface area contributed by atoms with Crippen molar-refractivity contribution in [1.29, 1.82) is 0 Å². The van der Waals surface area contributed by atoms with Gasteiger partial charge in [-0.2, -0.15) is 0 Å². The molecular weight excluding hydrogens is 357 g/mol. The molecule has 3 aromatic rings. The molecule has 1 aliphatic rings. The van der Waals surface area contributed by atoms with E-state index in [1.54, 1.807) is 18.2 Å². The maximum absolute atomic E-state index is 13.9. The molecule has 1 aromatic heterocycles. The molecule has 6 nitrogen and oxygen atoms in total. The summed E-state index contributed by atoms with van der Waals surface area (Å²) in [5.74, 6) is 1.34. The summed E-state index contributed by atoms with van der Waals surface area (Å²) in [6, 6.07) is 16.0. The lowest BCUT2D eigenvalue weighted by Gasteiger charge is -2.20. The molecule has 0 fully saturated rings. The van der Waals surface area contributed by atoms with E-state index in [0.717, 1.165) is 31.2 Å². The molecule has 1 aliphatic heterocycles. The Labute approximate surface area is 163 Å². The van der Waals surface area contributed by atoms with Gasteiger partial charge >= 0.3 is 0 Å². The molecule has 0 saturated heterocycles. The van der Waals surface area contributed by atoms with Crippen molar-refractivity contribution in [2.45, 2.75) is 26.1 Å². The van der Waals surface area contributed by atoms with Crippen molar-refractivity contribution >= 4 is 5.91 Å². The van der Waals surface area contributed by atoms with Gasteiger partial charge in [-0.05, 0) is 18.2 Å². The van der Waals surface area contributed by atoms with E-state index in [1.807, 2.05) is 30.3 Å². The number of amides is 1. The molecule has 1 N–H and O–H groups in total. The highest BCUT2D eigenvalue weighted by Gasteiger charge is 2.19. The number of nitrogens with one attached hydrogen (secondary N) is 1. The number of hydrogen-bond donors (Lipinski definition) is 1. The van der Waals surface area contributed by atoms with Gasteiger partial charge in [0.25, 0.3) is 5.91 Å². The van der Waals surface area contributed by atoms with E-state index < -0.39 is 0 Å². The summed E-state index contributed by atoms with van der Waals surface area (Å²) in [6.45, 7) is 3.19. The van der Waals surface area contributed by atoms with Crippen LogP contribution < -0.4 is 5.32 Å². The summed E-state index contributed by atoms with van der Waals surface area (Å²) in [4.78, 5) is 14.5. The first-order valence-corrected chi connectivity index (χ1v) is 9.40. The number of rotatable bonds is 5. The van der Waals surface area contributed by atoms with Crippen molar-refractivity contribution in [2.75, 3.05) is 13.1 Å². The lowest BCUT2D eigenvalue weighted by molar-refractivity contribution is 0.0949. The zero-order chi connectivity index (χ0) is 19.3. The first kappa shape index (κ1) is 18.3. The van der Waals surface area contributed by atoms with Gasteiger partial charge < -0.3 is 9.88 Å². The van der Waals surface area contributed by atoms with Crippen LogP contribution in [0.25, 0.3) is 0 Å². The summed E-state index contributed by atoms with van der Waals surface area (Å²) < 4.78 is 16.0. The molecule has 0 unspecified atom stereocenters. The monoisotopic (exact) mass is 379 g/mol. The highest BCUT2D eigenvalue weighted by molar-refractivity contribution is 5.93. The fourth-order valence-corrected chi connectivity index (χ4v) is 3.43. The van der Waals surface area contributed by atoms with Crippen LogP contribution in [-0.2, 0) is 26.1 Å². The third kappa shape index (κ3) is 4.09. The summed E-state index contributed by atoms with van der Waals surface area (Å²) in [7, 11) is 0. The van der Waals surface area contributed by atoms with Crippen LogP contribution in [0, 0.1) is 5.82 Å². The zero-order valence-electron chi connectivity index (χ0n) is 15.5. The van der Waals surface area contributed by atoms with Crippen LogP contribution in [0.5, 0.6) is 0 Å². The van der Waals surface area contributed by atoms with Crippen LogP contribution in [-0.4, -0.2) is 38.7 Å². The molecule has 2 heterocycles. The van der Waals surface area contributed by atoms with Gasteiger partial charge in [0.1, 0.15) is 11.6 Å². The predicted molar refractivity (Wildman–Crippen MR) is 103 cm³/mol. The topological polar surface area (TPSA) is 63.1 Å². The predicted octanol–water partition coefficient (Wildman–Crippen LogP) is 2.41. The van der Waals surface area contributed by atoms with E-state index in [1.165, 1.54) is 6.07 Å². The van der Waals surface area contributed by atoms with Crippen LogP contribution in [0.4, 0.5) is 4.39 Å². The van der Waals surface area contributed by atoms with Crippen molar-refractivity contribution in [3.05, 3.63) is 83.2 Å². The molecule has 7 heteroatoms. The quantitative estimate of drug-likeness (QED) is 0.740. The lowest BCUT2D eigenvalue weighted by Crippen LogP contribution is -2.28. The second-order valence-electron chi connectivity index (χ2n) is 6.85. The summed E-state index contributed by atoms with van der Waals surface area (Å²) in [6.07, 6.45) is 0.744. The molecule has 144 valence electrons. The van der Waals surface area contributed by atoms with Crippen molar-refractivity contribution < 1.29 is 9.18 Å². The molecule has 0 bridgehead atoms. The number of hydrogen-bond acceptors (Lipinski definition) is 4. The molecule has 4 rings (SSSR count). The molecule has 0 aliphatic carbocycles. The normalized spacial score (nSPS) is 14.3. The number of carbonyl (C=O) groups excluding carboxylic acids is 1. The van der Waals surface area contributed by atoms with Crippen LogP contribution in [0.15, 0.2) is 54.6 Å². The number of benzene rings is 2. The van der Waals surface area contributed by atoms with E-state index in [9.17, 15) is 9.18 Å². The number of aromatic nitrogens is 3. The number of fused-ring (bicyclic) bond motifs is 1. The summed E-state index contributed by atoms with van der Waals surface area (Å²) >= 11 is 0. The second kappa shape index (κ2) is 8.31. The molecule has 0 atom stereocenters. The lowest BCUT2D eigenvalue weighted by atomic mass is 10.2. The molecule has 0 spiro atoms. The Morgan fingerprint density at radius 1 is 1.00 bits per heavy atom. The second-order valence-corrected chi connectivity index (χ2v) is 6.85. The average molecular weight is 379 g/mol. The van der Waals surface area contributed by atoms with E-state index >= 15 is 0 Å². The molecule has 2 aromatic carbocycles. The highest BCUT2D eigenvalue weighted by atomic mass is 19.1. The van der Waals surface area contributed by atoms with Gasteiger partial charge in [0, 0.05) is 43.7 Å². The Balaban J connectivity index is 1.38. The van der Waals surface area contributed by atoms with Crippen LogP contribution >= 0.6 is 0 Å². The Bertz CT molecular complexity index is 956. The smallest absolute Gasteiger partial charge is 0.251 e. The van der Waals surface area contributed by atoms with Crippen molar-refractivity contribution in [3.63, 3.8) is 0 Å². The molecule has 0 saturated carbocycles. The first-order valence-electron chi connectivity index (χ1n) is 9.40. The minimum absolute atomic E-state index is 0.132. The molecule has 0 radical (unpaired) electrons. The van der Waals surface area contributed by atoms with E-state index in [0.29, 0.717) is 30.8 Å². The Morgan fingerprint density at radius 3 is 2.61 bits per heavy atom. The third-order valence-corrected chi connectivity index (χ3v) is 4.99. The molecule has 28 heavy (non-hydrogen) atoms. The van der Waals surface area contributed by atoms with Gasteiger partial charge in [-0.3, -0.25) is 9.69 Å². The van der Waals surface area contributed by atoms with Gasteiger partial charge in [0.05, 0.1) is 6.54 Å². The van der Waals surface area contributed by atoms with Crippen molar-refractivity contribution in [3.8, 4) is 0 Å². The maximum Gasteiger partial charge on any atom is 0.251 e. The third-order valence-electron chi connectivity index (χ3n) is 4.99.